The Labute approximate surface area is 140 Å². The number of carbonyl (C=O) groups is 1. The largest absolute Gasteiger partial charge is 0.460 e. The van der Waals surface area contributed by atoms with Gasteiger partial charge < -0.3 is 4.74 Å². The molecule has 22 heavy (non-hydrogen) atoms. The van der Waals surface area contributed by atoms with Gasteiger partial charge in [0, 0.05) is 22.7 Å². The Bertz CT molecular complexity index is 661. The van der Waals surface area contributed by atoms with Crippen molar-refractivity contribution >= 4 is 28.9 Å². The standard InChI is InChI=1S/C16H21ClN2O2S/c1-10(2)8-19-12(4)14(11(3)18-19)7-16(20)21-9-13-5-6-15(17)22-13/h5-6,10H,7-9H2,1-4H3. The monoisotopic (exact) mass is 340 g/mol. The van der Waals surface area contributed by atoms with Gasteiger partial charge in [-0.05, 0) is 31.9 Å². The lowest BCUT2D eigenvalue weighted by atomic mass is 10.1. The van der Waals surface area contributed by atoms with E-state index in [0.29, 0.717) is 10.3 Å². The first-order chi connectivity index (χ1) is 10.4. The minimum absolute atomic E-state index is 0.236. The van der Waals surface area contributed by atoms with E-state index in [9.17, 15) is 4.79 Å². The van der Waals surface area contributed by atoms with Crippen LogP contribution in [0.2, 0.25) is 4.34 Å². The molecule has 0 unspecified atom stereocenters. The Morgan fingerprint density at radius 2 is 2.14 bits per heavy atom. The molecule has 0 saturated carbocycles. The molecule has 2 heterocycles. The molecule has 0 N–H and O–H groups in total. The molecule has 0 spiro atoms. The summed E-state index contributed by atoms with van der Waals surface area (Å²) in [4.78, 5) is 13.0. The Morgan fingerprint density at radius 1 is 1.41 bits per heavy atom. The molecule has 2 rings (SSSR count). The summed E-state index contributed by atoms with van der Waals surface area (Å²) in [6.07, 6.45) is 0.259. The van der Waals surface area contributed by atoms with Crippen molar-refractivity contribution in [2.45, 2.75) is 47.3 Å². The molecule has 0 aliphatic carbocycles. The molecule has 0 aromatic carbocycles. The molecule has 0 saturated heterocycles. The number of rotatable bonds is 6. The second kappa shape index (κ2) is 7.29. The summed E-state index contributed by atoms with van der Waals surface area (Å²) in [7, 11) is 0. The Morgan fingerprint density at radius 3 is 2.73 bits per heavy atom. The van der Waals surface area contributed by atoms with E-state index < -0.39 is 0 Å². The second-order valence-corrected chi connectivity index (χ2v) is 7.57. The molecule has 120 valence electrons. The highest BCUT2D eigenvalue weighted by molar-refractivity contribution is 7.16. The number of thiophene rings is 1. The zero-order chi connectivity index (χ0) is 16.3. The van der Waals surface area contributed by atoms with E-state index in [0.717, 1.165) is 28.4 Å². The maximum atomic E-state index is 12.0. The van der Waals surface area contributed by atoms with Crippen molar-refractivity contribution in [1.82, 2.24) is 9.78 Å². The second-order valence-electron chi connectivity index (χ2n) is 5.77. The lowest BCUT2D eigenvalue weighted by Crippen LogP contribution is -2.10. The number of aryl methyl sites for hydroxylation is 1. The van der Waals surface area contributed by atoms with E-state index in [4.69, 9.17) is 16.3 Å². The number of carbonyl (C=O) groups excluding carboxylic acids is 1. The van der Waals surface area contributed by atoms with E-state index in [-0.39, 0.29) is 19.0 Å². The summed E-state index contributed by atoms with van der Waals surface area (Å²) in [6.45, 7) is 9.37. The zero-order valence-corrected chi connectivity index (χ0v) is 14.9. The first-order valence-corrected chi connectivity index (χ1v) is 8.49. The third-order valence-electron chi connectivity index (χ3n) is 3.39. The highest BCUT2D eigenvalue weighted by atomic mass is 35.5. The molecule has 0 atom stereocenters. The van der Waals surface area contributed by atoms with E-state index >= 15 is 0 Å². The SMILES string of the molecule is Cc1nn(CC(C)C)c(C)c1CC(=O)OCc1ccc(Cl)s1. The summed E-state index contributed by atoms with van der Waals surface area (Å²) in [6, 6.07) is 3.68. The van der Waals surface area contributed by atoms with E-state index in [2.05, 4.69) is 18.9 Å². The van der Waals surface area contributed by atoms with E-state index in [1.54, 1.807) is 6.07 Å². The van der Waals surface area contributed by atoms with Crippen LogP contribution in [0.25, 0.3) is 0 Å². The molecular formula is C16H21ClN2O2S. The number of aromatic nitrogens is 2. The molecule has 2 aromatic heterocycles. The number of halogens is 1. The molecule has 0 radical (unpaired) electrons. The Hall–Kier alpha value is -1.33. The van der Waals surface area contributed by atoms with Crippen molar-refractivity contribution in [2.75, 3.05) is 0 Å². The topological polar surface area (TPSA) is 44.1 Å². The number of ether oxygens (including phenoxy) is 1. The highest BCUT2D eigenvalue weighted by Gasteiger charge is 2.16. The summed E-state index contributed by atoms with van der Waals surface area (Å²) in [5.41, 5.74) is 2.91. The summed E-state index contributed by atoms with van der Waals surface area (Å²) in [5.74, 6) is 0.279. The smallest absolute Gasteiger partial charge is 0.310 e. The van der Waals surface area contributed by atoms with Crippen molar-refractivity contribution in [2.24, 2.45) is 5.92 Å². The first-order valence-electron chi connectivity index (χ1n) is 7.29. The lowest BCUT2D eigenvalue weighted by molar-refractivity contribution is -0.144. The summed E-state index contributed by atoms with van der Waals surface area (Å²) in [5, 5.41) is 4.52. The number of nitrogens with zero attached hydrogens (tertiary/aromatic N) is 2. The van der Waals surface area contributed by atoms with Gasteiger partial charge in [-0.15, -0.1) is 11.3 Å². The quantitative estimate of drug-likeness (QED) is 0.742. The molecule has 0 amide bonds. The van der Waals surface area contributed by atoms with Crippen LogP contribution in [0.5, 0.6) is 0 Å². The van der Waals surface area contributed by atoms with Gasteiger partial charge in [-0.1, -0.05) is 25.4 Å². The highest BCUT2D eigenvalue weighted by Crippen LogP contribution is 2.22. The molecule has 0 fully saturated rings. The summed E-state index contributed by atoms with van der Waals surface area (Å²) < 4.78 is 8.00. The Balaban J connectivity index is 1.97. The average Bonchev–Trinajstić information content (AvgIpc) is 2.95. The fourth-order valence-corrected chi connectivity index (χ4v) is 3.29. The van der Waals surface area contributed by atoms with Crippen molar-refractivity contribution < 1.29 is 9.53 Å². The maximum absolute atomic E-state index is 12.0. The third kappa shape index (κ3) is 4.34. The third-order valence-corrected chi connectivity index (χ3v) is 4.60. The minimum atomic E-state index is -0.236. The zero-order valence-electron chi connectivity index (χ0n) is 13.4. The van der Waals surface area contributed by atoms with Crippen LogP contribution < -0.4 is 0 Å². The van der Waals surface area contributed by atoms with Gasteiger partial charge in [0.1, 0.15) is 6.61 Å². The van der Waals surface area contributed by atoms with Gasteiger partial charge >= 0.3 is 5.97 Å². The van der Waals surface area contributed by atoms with E-state index in [1.165, 1.54) is 11.3 Å². The van der Waals surface area contributed by atoms with Crippen molar-refractivity contribution in [3.63, 3.8) is 0 Å². The van der Waals surface area contributed by atoms with Gasteiger partial charge in [-0.2, -0.15) is 5.10 Å². The van der Waals surface area contributed by atoms with Crippen LogP contribution in [-0.2, 0) is 29.1 Å². The molecule has 2 aromatic rings. The molecule has 0 aliphatic heterocycles. The van der Waals surface area contributed by atoms with Crippen LogP contribution in [0.15, 0.2) is 12.1 Å². The minimum Gasteiger partial charge on any atom is -0.460 e. The summed E-state index contributed by atoms with van der Waals surface area (Å²) >= 11 is 7.28. The predicted molar refractivity (Wildman–Crippen MR) is 89.4 cm³/mol. The van der Waals surface area contributed by atoms with Crippen LogP contribution in [0.4, 0.5) is 0 Å². The molecule has 4 nitrogen and oxygen atoms in total. The van der Waals surface area contributed by atoms with Crippen molar-refractivity contribution in [3.05, 3.63) is 38.3 Å². The van der Waals surface area contributed by atoms with Crippen molar-refractivity contribution in [3.8, 4) is 0 Å². The fraction of sp³-hybridized carbons (Fsp3) is 0.500. The van der Waals surface area contributed by atoms with Gasteiger partial charge in [0.25, 0.3) is 0 Å². The van der Waals surface area contributed by atoms with Crippen LogP contribution in [0.3, 0.4) is 0 Å². The molecule has 0 bridgehead atoms. The van der Waals surface area contributed by atoms with Crippen LogP contribution in [-0.4, -0.2) is 15.7 Å². The molecule has 0 aliphatic rings. The lowest BCUT2D eigenvalue weighted by Gasteiger charge is -2.08. The van der Waals surface area contributed by atoms with Gasteiger partial charge in [0.2, 0.25) is 0 Å². The van der Waals surface area contributed by atoms with Gasteiger partial charge in [-0.25, -0.2) is 0 Å². The van der Waals surface area contributed by atoms with Crippen LogP contribution in [0.1, 0.15) is 35.7 Å². The van der Waals surface area contributed by atoms with Crippen LogP contribution >= 0.6 is 22.9 Å². The Kier molecular flexibility index (Phi) is 5.64. The van der Waals surface area contributed by atoms with Gasteiger partial charge in [0.05, 0.1) is 16.5 Å². The predicted octanol–water partition coefficient (Wildman–Crippen LogP) is 4.16. The normalized spacial score (nSPS) is 11.2. The number of esters is 1. The van der Waals surface area contributed by atoms with Gasteiger partial charge in [-0.3, -0.25) is 9.48 Å². The maximum Gasteiger partial charge on any atom is 0.310 e. The fourth-order valence-electron chi connectivity index (χ4n) is 2.29. The van der Waals surface area contributed by atoms with Gasteiger partial charge in [0.15, 0.2) is 0 Å². The number of hydrogen-bond acceptors (Lipinski definition) is 4. The van der Waals surface area contributed by atoms with E-state index in [1.807, 2.05) is 24.6 Å². The van der Waals surface area contributed by atoms with Crippen LogP contribution in [0, 0.1) is 19.8 Å². The van der Waals surface area contributed by atoms with Crippen molar-refractivity contribution in [1.29, 1.82) is 0 Å². The molecular weight excluding hydrogens is 320 g/mol. The first kappa shape index (κ1) is 17.0. The average molecular weight is 341 g/mol. The number of hydrogen-bond donors (Lipinski definition) is 0. The molecule has 6 heteroatoms.